The van der Waals surface area contributed by atoms with E-state index in [1.807, 2.05) is 45.0 Å². The lowest BCUT2D eigenvalue weighted by atomic mass is 9.95. The topological polar surface area (TPSA) is 42.2 Å². The molecule has 20 heavy (non-hydrogen) atoms. The molecule has 3 nitrogen and oxygen atoms in total. The summed E-state index contributed by atoms with van der Waals surface area (Å²) in [5.74, 6) is 6.50. The number of nitrogens with one attached hydrogen (secondary N) is 1. The lowest BCUT2D eigenvalue weighted by molar-refractivity contribution is -0.123. The zero-order valence-electron chi connectivity index (χ0n) is 11.9. The molecule has 1 amide bonds. The first-order valence-corrected chi connectivity index (χ1v) is 6.43. The minimum atomic E-state index is -0.443. The van der Waals surface area contributed by atoms with Crippen molar-refractivity contribution in [2.75, 3.05) is 5.32 Å². The van der Waals surface area contributed by atoms with Crippen LogP contribution in [0, 0.1) is 17.3 Å². The molecule has 0 atom stereocenters. The molecule has 0 aliphatic carbocycles. The van der Waals surface area contributed by atoms with Crippen LogP contribution in [0.25, 0.3) is 0 Å². The summed E-state index contributed by atoms with van der Waals surface area (Å²) in [4.78, 5) is 12.0. The van der Waals surface area contributed by atoms with Gasteiger partial charge < -0.3 is 9.73 Å². The molecule has 0 aliphatic heterocycles. The van der Waals surface area contributed by atoms with E-state index >= 15 is 0 Å². The predicted octanol–water partition coefficient (Wildman–Crippen LogP) is 3.66. The van der Waals surface area contributed by atoms with Crippen LogP contribution in [0.5, 0.6) is 0 Å². The van der Waals surface area contributed by atoms with Crippen molar-refractivity contribution < 1.29 is 9.21 Å². The molecule has 0 unspecified atom stereocenters. The SMILES string of the molecule is CC(C)(C)C(=O)Nc1ccccc1C#Cc1ccco1. The number of furan rings is 1. The maximum absolute atomic E-state index is 12.0. The van der Waals surface area contributed by atoms with Crippen molar-refractivity contribution in [1.29, 1.82) is 0 Å². The molecule has 0 radical (unpaired) electrons. The van der Waals surface area contributed by atoms with Gasteiger partial charge in [0.1, 0.15) is 0 Å². The number of hydrogen-bond donors (Lipinski definition) is 1. The second-order valence-corrected chi connectivity index (χ2v) is 5.48. The minimum Gasteiger partial charge on any atom is -0.456 e. The number of carbonyl (C=O) groups excluding carboxylic acids is 1. The van der Waals surface area contributed by atoms with E-state index in [1.165, 1.54) is 0 Å². The van der Waals surface area contributed by atoms with Gasteiger partial charge in [0.25, 0.3) is 0 Å². The van der Waals surface area contributed by atoms with E-state index in [9.17, 15) is 4.79 Å². The fourth-order valence-corrected chi connectivity index (χ4v) is 1.49. The second kappa shape index (κ2) is 5.66. The minimum absolute atomic E-state index is 0.0373. The average molecular weight is 267 g/mol. The highest BCUT2D eigenvalue weighted by molar-refractivity contribution is 5.95. The van der Waals surface area contributed by atoms with Crippen LogP contribution in [0.4, 0.5) is 5.69 Å². The van der Waals surface area contributed by atoms with Gasteiger partial charge in [0.2, 0.25) is 5.91 Å². The highest BCUT2D eigenvalue weighted by Crippen LogP contribution is 2.20. The third-order valence-electron chi connectivity index (χ3n) is 2.70. The summed E-state index contributed by atoms with van der Waals surface area (Å²) in [7, 11) is 0. The molecule has 0 saturated heterocycles. The monoisotopic (exact) mass is 267 g/mol. The molecule has 1 N–H and O–H groups in total. The van der Waals surface area contributed by atoms with Crippen molar-refractivity contribution >= 4 is 11.6 Å². The molecule has 102 valence electrons. The van der Waals surface area contributed by atoms with Crippen LogP contribution in [0.1, 0.15) is 32.1 Å². The number of carbonyl (C=O) groups is 1. The van der Waals surface area contributed by atoms with Crippen LogP contribution in [0.3, 0.4) is 0 Å². The second-order valence-electron chi connectivity index (χ2n) is 5.48. The van der Waals surface area contributed by atoms with Gasteiger partial charge >= 0.3 is 0 Å². The molecule has 1 aromatic carbocycles. The summed E-state index contributed by atoms with van der Waals surface area (Å²) >= 11 is 0. The lowest BCUT2D eigenvalue weighted by Crippen LogP contribution is -2.27. The maximum atomic E-state index is 12.0. The van der Waals surface area contributed by atoms with E-state index in [0.717, 1.165) is 5.56 Å². The first kappa shape index (κ1) is 14.0. The van der Waals surface area contributed by atoms with Crippen LogP contribution in [0.2, 0.25) is 0 Å². The summed E-state index contributed by atoms with van der Waals surface area (Å²) in [6.07, 6.45) is 1.58. The molecule has 2 aromatic rings. The van der Waals surface area contributed by atoms with Gasteiger partial charge in [0.05, 0.1) is 12.0 Å². The average Bonchev–Trinajstić information content (AvgIpc) is 2.89. The van der Waals surface area contributed by atoms with Gasteiger partial charge in [0, 0.05) is 11.0 Å². The Kier molecular flexibility index (Phi) is 3.95. The molecule has 2 rings (SSSR count). The Hall–Kier alpha value is -2.47. The van der Waals surface area contributed by atoms with Crippen LogP contribution >= 0.6 is 0 Å². The Balaban J connectivity index is 2.25. The summed E-state index contributed by atoms with van der Waals surface area (Å²) in [6.45, 7) is 5.62. The maximum Gasteiger partial charge on any atom is 0.229 e. The number of rotatable bonds is 1. The van der Waals surface area contributed by atoms with Crippen molar-refractivity contribution in [3.05, 3.63) is 54.0 Å². The van der Waals surface area contributed by atoms with E-state index in [2.05, 4.69) is 17.2 Å². The molecular weight excluding hydrogens is 250 g/mol. The van der Waals surface area contributed by atoms with Gasteiger partial charge in [-0.3, -0.25) is 4.79 Å². The number of para-hydroxylation sites is 1. The molecule has 1 heterocycles. The molecule has 1 aromatic heterocycles. The fraction of sp³-hybridized carbons (Fsp3) is 0.235. The molecular formula is C17H17NO2. The van der Waals surface area contributed by atoms with E-state index in [-0.39, 0.29) is 5.91 Å². The summed E-state index contributed by atoms with van der Waals surface area (Å²) < 4.78 is 5.17. The smallest absolute Gasteiger partial charge is 0.229 e. The largest absolute Gasteiger partial charge is 0.456 e. The standard InChI is InChI=1S/C17H17NO2/c1-17(2,3)16(19)18-15-9-5-4-7-13(15)10-11-14-8-6-12-20-14/h4-9,12H,1-3H3,(H,18,19). The normalized spacial score (nSPS) is 10.6. The lowest BCUT2D eigenvalue weighted by Gasteiger charge is -2.18. The van der Waals surface area contributed by atoms with Gasteiger partial charge in [-0.1, -0.05) is 38.8 Å². The Labute approximate surface area is 119 Å². The quantitative estimate of drug-likeness (QED) is 0.801. The summed E-state index contributed by atoms with van der Waals surface area (Å²) in [5.41, 5.74) is 1.04. The Morgan fingerprint density at radius 2 is 1.85 bits per heavy atom. The molecule has 0 spiro atoms. The van der Waals surface area contributed by atoms with E-state index in [0.29, 0.717) is 11.4 Å². The number of hydrogen-bond acceptors (Lipinski definition) is 2. The Morgan fingerprint density at radius 1 is 1.10 bits per heavy atom. The van der Waals surface area contributed by atoms with Crippen molar-refractivity contribution in [2.24, 2.45) is 5.41 Å². The Morgan fingerprint density at radius 3 is 2.50 bits per heavy atom. The molecule has 3 heteroatoms. The highest BCUT2D eigenvalue weighted by Gasteiger charge is 2.21. The van der Waals surface area contributed by atoms with Crippen LogP contribution < -0.4 is 5.32 Å². The van der Waals surface area contributed by atoms with E-state index in [1.54, 1.807) is 18.4 Å². The van der Waals surface area contributed by atoms with Crippen molar-refractivity contribution in [2.45, 2.75) is 20.8 Å². The van der Waals surface area contributed by atoms with E-state index in [4.69, 9.17) is 4.42 Å². The summed E-state index contributed by atoms with van der Waals surface area (Å²) in [5, 5.41) is 2.91. The summed E-state index contributed by atoms with van der Waals surface area (Å²) in [6, 6.07) is 11.1. The van der Waals surface area contributed by atoms with Crippen molar-refractivity contribution in [3.63, 3.8) is 0 Å². The first-order valence-electron chi connectivity index (χ1n) is 6.43. The van der Waals surface area contributed by atoms with Crippen LogP contribution in [0.15, 0.2) is 47.1 Å². The molecule has 0 saturated carbocycles. The zero-order chi connectivity index (χ0) is 14.6. The van der Waals surface area contributed by atoms with Gasteiger partial charge in [-0.2, -0.15) is 0 Å². The predicted molar refractivity (Wildman–Crippen MR) is 79.2 cm³/mol. The third kappa shape index (κ3) is 3.52. The zero-order valence-corrected chi connectivity index (χ0v) is 11.9. The molecule has 0 aliphatic rings. The van der Waals surface area contributed by atoms with Gasteiger partial charge in [-0.25, -0.2) is 0 Å². The van der Waals surface area contributed by atoms with Gasteiger partial charge in [-0.15, -0.1) is 0 Å². The van der Waals surface area contributed by atoms with Crippen LogP contribution in [-0.4, -0.2) is 5.91 Å². The highest BCUT2D eigenvalue weighted by atomic mass is 16.3. The number of amides is 1. The van der Waals surface area contributed by atoms with Crippen molar-refractivity contribution in [1.82, 2.24) is 0 Å². The molecule has 0 fully saturated rings. The van der Waals surface area contributed by atoms with Crippen molar-refractivity contribution in [3.8, 4) is 11.8 Å². The number of anilines is 1. The molecule has 0 bridgehead atoms. The third-order valence-corrected chi connectivity index (χ3v) is 2.70. The van der Waals surface area contributed by atoms with E-state index < -0.39 is 5.41 Å². The fourth-order valence-electron chi connectivity index (χ4n) is 1.49. The van der Waals surface area contributed by atoms with Crippen LogP contribution in [-0.2, 0) is 4.79 Å². The first-order chi connectivity index (χ1) is 9.47. The number of benzene rings is 1. The Bertz CT molecular complexity index is 652. The van der Waals surface area contributed by atoms with Gasteiger partial charge in [-0.05, 0) is 30.2 Å². The van der Waals surface area contributed by atoms with Gasteiger partial charge in [0.15, 0.2) is 5.76 Å².